The number of pyridine rings is 1. The molecule has 0 aliphatic carbocycles. The molecule has 132 valence electrons. The molecule has 0 spiro atoms. The Kier molecular flexibility index (Phi) is 5.57. The number of hydrogen-bond acceptors (Lipinski definition) is 5. The maximum Gasteiger partial charge on any atom is 0.260 e. The highest BCUT2D eigenvalue weighted by Gasteiger charge is 2.30. The Bertz CT molecular complexity index is 696. The topological polar surface area (TPSA) is 66.5 Å². The normalized spacial score (nSPS) is 19.6. The number of rotatable bonds is 6. The number of halogens is 1. The van der Waals surface area contributed by atoms with Crippen LogP contribution in [0.25, 0.3) is 0 Å². The van der Waals surface area contributed by atoms with Crippen molar-refractivity contribution >= 4 is 5.91 Å². The van der Waals surface area contributed by atoms with Gasteiger partial charge in [0.05, 0.1) is 12.2 Å². The molecule has 1 aliphatic rings. The summed E-state index contributed by atoms with van der Waals surface area (Å²) < 4.78 is 18.6. The lowest BCUT2D eigenvalue weighted by atomic mass is 9.94. The minimum Gasteiger partial charge on any atom is -0.482 e. The van der Waals surface area contributed by atoms with Crippen molar-refractivity contribution in [1.29, 1.82) is 0 Å². The van der Waals surface area contributed by atoms with Crippen molar-refractivity contribution in [3.8, 4) is 5.75 Å². The average Bonchev–Trinajstić information content (AvgIpc) is 3.09. The van der Waals surface area contributed by atoms with Crippen molar-refractivity contribution in [2.24, 2.45) is 5.92 Å². The summed E-state index contributed by atoms with van der Waals surface area (Å²) in [5.74, 6) is 0.384. The third-order valence-corrected chi connectivity index (χ3v) is 4.25. The second-order valence-corrected chi connectivity index (χ2v) is 6.07. The number of nitrogens with zero attached hydrogens (tertiary/aromatic N) is 2. The fraction of sp³-hybridized carbons (Fsp3) is 0.333. The number of carbonyl (C=O) groups excluding carboxylic acids is 1. The maximum atomic E-state index is 13.1. The lowest BCUT2D eigenvalue weighted by Crippen LogP contribution is -2.37. The van der Waals surface area contributed by atoms with Crippen LogP contribution < -0.4 is 15.6 Å². The van der Waals surface area contributed by atoms with E-state index in [-0.39, 0.29) is 30.3 Å². The predicted molar refractivity (Wildman–Crippen MR) is 91.1 cm³/mol. The summed E-state index contributed by atoms with van der Waals surface area (Å²) in [4.78, 5) is 17.9. The summed E-state index contributed by atoms with van der Waals surface area (Å²) in [6.07, 6.45) is 3.22. The molecule has 0 saturated carbocycles. The molecule has 0 bridgehead atoms. The zero-order valence-electron chi connectivity index (χ0n) is 14.0. The summed E-state index contributed by atoms with van der Waals surface area (Å²) in [5, 5.41) is 0. The second kappa shape index (κ2) is 8.04. The highest BCUT2D eigenvalue weighted by molar-refractivity contribution is 5.77. The van der Waals surface area contributed by atoms with E-state index in [1.807, 2.05) is 0 Å². The van der Waals surface area contributed by atoms with Gasteiger partial charge in [0.2, 0.25) is 0 Å². The van der Waals surface area contributed by atoms with Crippen molar-refractivity contribution < 1.29 is 13.9 Å². The quantitative estimate of drug-likeness (QED) is 0.832. The van der Waals surface area contributed by atoms with Gasteiger partial charge >= 0.3 is 0 Å². The molecule has 7 heteroatoms. The number of likely N-dealkylation sites (N-methyl/N-ethyl adjacent to an activating group) is 1. The van der Waals surface area contributed by atoms with Gasteiger partial charge < -0.3 is 9.64 Å². The number of ether oxygens (including phenoxy) is 1. The second-order valence-electron chi connectivity index (χ2n) is 6.07. The number of carbonyl (C=O) groups is 1. The van der Waals surface area contributed by atoms with E-state index in [9.17, 15) is 9.18 Å². The van der Waals surface area contributed by atoms with Crippen LogP contribution in [0.4, 0.5) is 4.39 Å². The maximum absolute atomic E-state index is 13.1. The summed E-state index contributed by atoms with van der Waals surface area (Å²) in [5.41, 5.74) is 7.30. The van der Waals surface area contributed by atoms with Crippen LogP contribution in [0.2, 0.25) is 0 Å². The minimum absolute atomic E-state index is 0.0232. The van der Waals surface area contributed by atoms with E-state index in [1.165, 1.54) is 12.1 Å². The van der Waals surface area contributed by atoms with Crippen LogP contribution >= 0.6 is 0 Å². The van der Waals surface area contributed by atoms with Gasteiger partial charge in [-0.05, 0) is 29.8 Å². The number of amides is 1. The van der Waals surface area contributed by atoms with Gasteiger partial charge in [-0.1, -0.05) is 12.1 Å². The Morgan fingerprint density at radius 2 is 2.16 bits per heavy atom. The fourth-order valence-corrected chi connectivity index (χ4v) is 2.87. The molecule has 3 rings (SSSR count). The van der Waals surface area contributed by atoms with Gasteiger partial charge in [0.25, 0.3) is 5.91 Å². The molecule has 1 aromatic heterocycles. The summed E-state index contributed by atoms with van der Waals surface area (Å²) in [7, 11) is 1.76. The minimum atomic E-state index is -0.258. The number of aromatic nitrogens is 1. The van der Waals surface area contributed by atoms with Gasteiger partial charge in [-0.2, -0.15) is 0 Å². The Labute approximate surface area is 146 Å². The molecular weight excluding hydrogens is 323 g/mol. The first-order valence-electron chi connectivity index (χ1n) is 8.14. The van der Waals surface area contributed by atoms with Gasteiger partial charge in [-0.25, -0.2) is 9.82 Å². The zero-order valence-corrected chi connectivity index (χ0v) is 14.0. The smallest absolute Gasteiger partial charge is 0.260 e. The monoisotopic (exact) mass is 344 g/mol. The summed E-state index contributed by atoms with van der Waals surface area (Å²) >= 11 is 0. The molecule has 1 fully saturated rings. The van der Waals surface area contributed by atoms with Gasteiger partial charge in [0, 0.05) is 32.3 Å². The van der Waals surface area contributed by atoms with Gasteiger partial charge in [-0.15, -0.1) is 0 Å². The Balaban J connectivity index is 1.54. The molecule has 25 heavy (non-hydrogen) atoms. The van der Waals surface area contributed by atoms with Crippen LogP contribution in [-0.4, -0.2) is 42.5 Å². The lowest BCUT2D eigenvalue weighted by molar-refractivity contribution is -0.132. The summed E-state index contributed by atoms with van der Waals surface area (Å²) in [6, 6.07) is 9.96. The average molecular weight is 344 g/mol. The molecule has 2 heterocycles. The van der Waals surface area contributed by atoms with Crippen LogP contribution in [-0.2, 0) is 4.79 Å². The van der Waals surface area contributed by atoms with E-state index >= 15 is 0 Å². The molecule has 1 saturated heterocycles. The van der Waals surface area contributed by atoms with Crippen molar-refractivity contribution in [3.63, 3.8) is 0 Å². The largest absolute Gasteiger partial charge is 0.482 e. The fourth-order valence-electron chi connectivity index (χ4n) is 2.87. The first kappa shape index (κ1) is 17.3. The van der Waals surface area contributed by atoms with E-state index in [0.29, 0.717) is 12.3 Å². The molecule has 1 aliphatic heterocycles. The van der Waals surface area contributed by atoms with Crippen LogP contribution in [0, 0.1) is 11.7 Å². The van der Waals surface area contributed by atoms with Gasteiger partial charge in [0.1, 0.15) is 11.6 Å². The highest BCUT2D eigenvalue weighted by Crippen LogP contribution is 2.25. The van der Waals surface area contributed by atoms with E-state index in [1.54, 1.807) is 48.6 Å². The number of hydrogen-bond donors (Lipinski definition) is 2. The van der Waals surface area contributed by atoms with Crippen LogP contribution in [0.15, 0.2) is 48.8 Å². The van der Waals surface area contributed by atoms with Crippen molar-refractivity contribution in [2.45, 2.75) is 6.04 Å². The van der Waals surface area contributed by atoms with Gasteiger partial charge in [0.15, 0.2) is 6.61 Å². The first-order valence-corrected chi connectivity index (χ1v) is 8.14. The molecule has 2 N–H and O–H groups in total. The lowest BCUT2D eigenvalue weighted by Gasteiger charge is -2.25. The molecule has 2 atom stereocenters. The molecule has 0 radical (unpaired) electrons. The standard InChI is InChI=1S/C18H21FN4O2/c1-23(17(24)12-25-16-3-2-8-20-10-16)11-14-9-21-22-18(14)13-4-6-15(19)7-5-13/h2-8,10,14,18,21-22H,9,11-12H2,1H3. The van der Waals surface area contributed by atoms with Crippen LogP contribution in [0.3, 0.4) is 0 Å². The van der Waals surface area contributed by atoms with Crippen molar-refractivity contribution in [1.82, 2.24) is 20.7 Å². The third-order valence-electron chi connectivity index (χ3n) is 4.25. The predicted octanol–water partition coefficient (Wildman–Crippen LogP) is 1.52. The Morgan fingerprint density at radius 1 is 1.36 bits per heavy atom. The Morgan fingerprint density at radius 3 is 2.88 bits per heavy atom. The van der Waals surface area contributed by atoms with E-state index in [2.05, 4.69) is 15.8 Å². The molecule has 1 amide bonds. The van der Waals surface area contributed by atoms with Crippen molar-refractivity contribution in [2.75, 3.05) is 26.7 Å². The van der Waals surface area contributed by atoms with Crippen molar-refractivity contribution in [3.05, 3.63) is 60.2 Å². The van der Waals surface area contributed by atoms with E-state index in [4.69, 9.17) is 4.74 Å². The van der Waals surface area contributed by atoms with Crippen LogP contribution in [0.5, 0.6) is 5.75 Å². The first-order chi connectivity index (χ1) is 12.1. The van der Waals surface area contributed by atoms with E-state index < -0.39 is 0 Å². The molecule has 2 unspecified atom stereocenters. The number of hydrazine groups is 1. The Hall–Kier alpha value is -2.51. The molecular formula is C18H21FN4O2. The molecule has 2 aromatic rings. The SMILES string of the molecule is CN(CC1CNNC1c1ccc(F)cc1)C(=O)COc1cccnc1. The van der Waals surface area contributed by atoms with Crippen LogP contribution in [0.1, 0.15) is 11.6 Å². The number of benzene rings is 1. The third kappa shape index (κ3) is 4.52. The highest BCUT2D eigenvalue weighted by atomic mass is 19.1. The summed E-state index contributed by atoms with van der Waals surface area (Å²) in [6.45, 7) is 1.26. The zero-order chi connectivity index (χ0) is 17.6. The number of nitrogens with one attached hydrogen (secondary N) is 2. The van der Waals surface area contributed by atoms with E-state index in [0.717, 1.165) is 12.1 Å². The molecule has 6 nitrogen and oxygen atoms in total. The molecule has 1 aromatic carbocycles. The van der Waals surface area contributed by atoms with Gasteiger partial charge in [-0.3, -0.25) is 15.2 Å².